The molecule has 4 heteroatoms. The predicted molar refractivity (Wildman–Crippen MR) is 112 cm³/mol. The molecule has 4 nitrogen and oxygen atoms in total. The van der Waals surface area contributed by atoms with Gasteiger partial charge in [0.2, 0.25) is 0 Å². The Balaban J connectivity index is 1.53. The zero-order valence-electron chi connectivity index (χ0n) is 18.8. The van der Waals surface area contributed by atoms with Crippen LogP contribution in [0.4, 0.5) is 0 Å². The summed E-state index contributed by atoms with van der Waals surface area (Å²) in [6.45, 7) is 7.18. The van der Waals surface area contributed by atoms with Crippen LogP contribution in [0.1, 0.15) is 85.0 Å². The van der Waals surface area contributed by atoms with Crippen LogP contribution >= 0.6 is 0 Å². The van der Waals surface area contributed by atoms with Crippen molar-refractivity contribution in [2.75, 3.05) is 7.11 Å². The van der Waals surface area contributed by atoms with Crippen LogP contribution in [-0.2, 0) is 14.3 Å². The maximum Gasteiger partial charge on any atom is 0.305 e. The fraction of sp³-hybridized carbons (Fsp3) is 0.920. The maximum atomic E-state index is 13.4. The lowest BCUT2D eigenvalue weighted by Crippen LogP contribution is -2.57. The van der Waals surface area contributed by atoms with Crippen LogP contribution in [0.5, 0.6) is 0 Å². The van der Waals surface area contributed by atoms with Crippen molar-refractivity contribution >= 4 is 11.8 Å². The molecule has 0 radical (unpaired) electrons. The first kappa shape index (κ1) is 21.3. The first-order chi connectivity index (χ1) is 13.7. The average molecular weight is 405 g/mol. The molecule has 0 heterocycles. The monoisotopic (exact) mass is 404 g/mol. The summed E-state index contributed by atoms with van der Waals surface area (Å²) < 4.78 is 4.85. The third-order valence-corrected chi connectivity index (χ3v) is 10.2. The van der Waals surface area contributed by atoms with Crippen molar-refractivity contribution < 1.29 is 19.4 Å². The van der Waals surface area contributed by atoms with Crippen LogP contribution in [0.15, 0.2) is 0 Å². The zero-order valence-corrected chi connectivity index (χ0v) is 18.8. The Hall–Kier alpha value is -0.900. The number of hydrogen-bond donors (Lipinski definition) is 1. The van der Waals surface area contributed by atoms with E-state index in [2.05, 4.69) is 20.8 Å². The topological polar surface area (TPSA) is 63.6 Å². The molecule has 0 aromatic heterocycles. The molecule has 0 aliphatic heterocycles. The van der Waals surface area contributed by atoms with E-state index < -0.39 is 0 Å². The number of carbonyl (C=O) groups excluding carboxylic acids is 2. The molecule has 4 aliphatic carbocycles. The third kappa shape index (κ3) is 3.38. The van der Waals surface area contributed by atoms with Gasteiger partial charge in [-0.3, -0.25) is 9.59 Å². The van der Waals surface area contributed by atoms with Crippen LogP contribution in [0.25, 0.3) is 0 Å². The van der Waals surface area contributed by atoms with Crippen molar-refractivity contribution in [3.8, 4) is 0 Å². The van der Waals surface area contributed by atoms with E-state index in [1.54, 1.807) is 0 Å². The van der Waals surface area contributed by atoms with E-state index in [1.165, 1.54) is 26.4 Å². The Morgan fingerprint density at radius 3 is 2.55 bits per heavy atom. The number of carbonyl (C=O) groups is 2. The van der Waals surface area contributed by atoms with Crippen LogP contribution in [0.3, 0.4) is 0 Å². The number of methoxy groups -OCH3 is 1. The lowest BCUT2D eigenvalue weighted by molar-refractivity contribution is -0.160. The van der Waals surface area contributed by atoms with Crippen molar-refractivity contribution in [1.82, 2.24) is 0 Å². The van der Waals surface area contributed by atoms with E-state index in [1.807, 2.05) is 0 Å². The van der Waals surface area contributed by atoms with Gasteiger partial charge in [-0.25, -0.2) is 0 Å². The van der Waals surface area contributed by atoms with Crippen LogP contribution < -0.4 is 0 Å². The summed E-state index contributed by atoms with van der Waals surface area (Å²) in [7, 11) is 1.47. The molecule has 0 amide bonds. The van der Waals surface area contributed by atoms with Crippen LogP contribution in [0.2, 0.25) is 0 Å². The van der Waals surface area contributed by atoms with Gasteiger partial charge in [0.05, 0.1) is 13.2 Å². The summed E-state index contributed by atoms with van der Waals surface area (Å²) in [5.74, 6) is 3.08. The SMILES string of the molecule is COC(=O)CC[C@@H](C)C1CC[C@H]2[C@@H]3C(=O)CC4C[C@H](O)CC[C@]4(C)[C@H]3CC[C@]12C. The van der Waals surface area contributed by atoms with Gasteiger partial charge in [-0.1, -0.05) is 20.8 Å². The molecule has 0 aromatic rings. The predicted octanol–water partition coefficient (Wildman–Crippen LogP) is 4.77. The summed E-state index contributed by atoms with van der Waals surface area (Å²) in [6, 6.07) is 0. The molecular formula is C25H40O4. The molecule has 0 bridgehead atoms. The molecule has 4 fully saturated rings. The Kier molecular flexibility index (Phi) is 5.63. The van der Waals surface area contributed by atoms with Gasteiger partial charge >= 0.3 is 5.97 Å². The number of esters is 1. The van der Waals surface area contributed by atoms with Gasteiger partial charge in [-0.2, -0.15) is 0 Å². The van der Waals surface area contributed by atoms with Crippen LogP contribution in [-0.4, -0.2) is 30.1 Å². The van der Waals surface area contributed by atoms with E-state index in [9.17, 15) is 14.7 Å². The fourth-order valence-corrected chi connectivity index (χ4v) is 8.53. The Labute approximate surface area is 176 Å². The van der Waals surface area contributed by atoms with Gasteiger partial charge in [0.25, 0.3) is 0 Å². The maximum absolute atomic E-state index is 13.4. The molecule has 4 aliphatic rings. The first-order valence-corrected chi connectivity index (χ1v) is 12.0. The molecule has 164 valence electrons. The van der Waals surface area contributed by atoms with E-state index in [0.717, 1.165) is 32.1 Å². The van der Waals surface area contributed by atoms with E-state index in [0.29, 0.717) is 48.2 Å². The van der Waals surface area contributed by atoms with Gasteiger partial charge in [-0.15, -0.1) is 0 Å². The number of fused-ring (bicyclic) bond motifs is 5. The van der Waals surface area contributed by atoms with Gasteiger partial charge in [-0.05, 0) is 91.8 Å². The highest BCUT2D eigenvalue weighted by Gasteiger charge is 2.62. The molecule has 0 spiro atoms. The first-order valence-electron chi connectivity index (χ1n) is 12.0. The van der Waals surface area contributed by atoms with Crippen molar-refractivity contribution in [2.45, 2.75) is 91.1 Å². The summed E-state index contributed by atoms with van der Waals surface area (Å²) in [5, 5.41) is 10.2. The third-order valence-electron chi connectivity index (χ3n) is 10.2. The minimum Gasteiger partial charge on any atom is -0.469 e. The lowest BCUT2D eigenvalue weighted by Gasteiger charge is -2.60. The van der Waals surface area contributed by atoms with Gasteiger partial charge in [0, 0.05) is 18.8 Å². The van der Waals surface area contributed by atoms with Crippen molar-refractivity contribution in [3.63, 3.8) is 0 Å². The Morgan fingerprint density at radius 2 is 1.83 bits per heavy atom. The van der Waals surface area contributed by atoms with E-state index in [-0.39, 0.29) is 28.8 Å². The zero-order chi connectivity index (χ0) is 21.0. The molecule has 4 saturated carbocycles. The second-order valence-electron chi connectivity index (χ2n) is 11.4. The number of Topliss-reactive ketones (excluding diaryl/α,β-unsaturated/α-hetero) is 1. The van der Waals surface area contributed by atoms with Crippen molar-refractivity contribution in [3.05, 3.63) is 0 Å². The molecule has 2 unspecified atom stereocenters. The number of rotatable bonds is 4. The average Bonchev–Trinajstić information content (AvgIpc) is 3.04. The summed E-state index contributed by atoms with van der Waals surface area (Å²) in [5.41, 5.74) is 0.456. The molecule has 0 aromatic carbocycles. The molecule has 4 rings (SSSR count). The molecule has 1 N–H and O–H groups in total. The smallest absolute Gasteiger partial charge is 0.305 e. The molecule has 0 saturated heterocycles. The highest BCUT2D eigenvalue weighted by Crippen LogP contribution is 2.67. The quantitative estimate of drug-likeness (QED) is 0.685. The van der Waals surface area contributed by atoms with Gasteiger partial charge in [0.1, 0.15) is 5.78 Å². The second-order valence-corrected chi connectivity index (χ2v) is 11.4. The van der Waals surface area contributed by atoms with Crippen molar-refractivity contribution in [1.29, 1.82) is 0 Å². The number of ketones is 1. The Morgan fingerprint density at radius 1 is 1.14 bits per heavy atom. The minimum atomic E-state index is -0.210. The largest absolute Gasteiger partial charge is 0.469 e. The number of hydrogen-bond acceptors (Lipinski definition) is 4. The highest BCUT2D eigenvalue weighted by molar-refractivity contribution is 5.83. The normalized spacial score (nSPS) is 47.7. The summed E-state index contributed by atoms with van der Waals surface area (Å²) in [4.78, 5) is 25.0. The molecule has 29 heavy (non-hydrogen) atoms. The van der Waals surface area contributed by atoms with Gasteiger partial charge < -0.3 is 9.84 Å². The second kappa shape index (κ2) is 7.66. The summed E-state index contributed by atoms with van der Waals surface area (Å²) in [6.07, 6.45) is 9.40. The van der Waals surface area contributed by atoms with Crippen LogP contribution in [0, 0.1) is 46.3 Å². The Bertz CT molecular complexity index is 659. The number of ether oxygens (including phenoxy) is 1. The molecule has 9 atom stereocenters. The number of aliphatic hydroxyl groups excluding tert-OH is 1. The van der Waals surface area contributed by atoms with E-state index in [4.69, 9.17) is 4.74 Å². The molecular weight excluding hydrogens is 364 g/mol. The van der Waals surface area contributed by atoms with Gasteiger partial charge in [0.15, 0.2) is 0 Å². The van der Waals surface area contributed by atoms with Crippen molar-refractivity contribution in [2.24, 2.45) is 46.3 Å². The lowest BCUT2D eigenvalue weighted by atomic mass is 9.44. The number of aliphatic hydroxyl groups is 1. The standard InChI is InChI=1S/C25H40O4/c1-15(5-8-22(28)29-4)18-6-7-19-23-20(10-12-25(18,19)3)24(2)11-9-17(26)13-16(24)14-21(23)27/h15-20,23,26H,5-14H2,1-4H3/t15-,16?,17-,18?,19+,20+,23+,24+,25-/m1/s1. The summed E-state index contributed by atoms with van der Waals surface area (Å²) >= 11 is 0. The minimum absolute atomic E-state index is 0.110. The highest BCUT2D eigenvalue weighted by atomic mass is 16.5. The fourth-order valence-electron chi connectivity index (χ4n) is 8.53. The van der Waals surface area contributed by atoms with E-state index >= 15 is 0 Å².